The number of nitrogens with zero attached hydrogens (tertiary/aromatic N) is 4. The number of allylic oxidation sites excluding steroid dienone is 1. The van der Waals surface area contributed by atoms with Crippen molar-refractivity contribution in [3.05, 3.63) is 84.8 Å². The quantitative estimate of drug-likeness (QED) is 0.615. The van der Waals surface area contributed by atoms with Crippen LogP contribution in [0.1, 0.15) is 31.0 Å². The van der Waals surface area contributed by atoms with Crippen LogP contribution < -0.4 is 14.9 Å². The second-order valence-electron chi connectivity index (χ2n) is 6.61. The Morgan fingerprint density at radius 1 is 1.31 bits per heavy atom. The van der Waals surface area contributed by atoms with Crippen molar-refractivity contribution < 1.29 is 9.53 Å². The molecule has 2 aromatic heterocycles. The van der Waals surface area contributed by atoms with Gasteiger partial charge in [-0.1, -0.05) is 41.7 Å². The number of aryl methyl sites for hydroxylation is 1. The summed E-state index contributed by atoms with van der Waals surface area (Å²) in [6.07, 6.45) is 5.42. The number of rotatable bonds is 4. The van der Waals surface area contributed by atoms with Crippen LogP contribution in [0.4, 0.5) is 0 Å². The third-order valence-corrected chi connectivity index (χ3v) is 5.80. The van der Waals surface area contributed by atoms with Crippen LogP contribution in [0.25, 0.3) is 6.08 Å². The van der Waals surface area contributed by atoms with Crippen molar-refractivity contribution in [2.75, 3.05) is 7.11 Å². The Kier molecular flexibility index (Phi) is 5.02. The number of esters is 1. The minimum absolute atomic E-state index is 0.194. The molecular formula is C21H20N4O3S. The van der Waals surface area contributed by atoms with Crippen molar-refractivity contribution in [2.24, 2.45) is 4.99 Å². The van der Waals surface area contributed by atoms with Gasteiger partial charge in [0.1, 0.15) is 0 Å². The van der Waals surface area contributed by atoms with Crippen molar-refractivity contribution in [1.29, 1.82) is 0 Å². The number of thiazole rings is 1. The molecule has 29 heavy (non-hydrogen) atoms. The number of fused-ring (bicyclic) bond motifs is 1. The summed E-state index contributed by atoms with van der Waals surface area (Å²) in [5.41, 5.74) is 2.40. The molecule has 0 radical (unpaired) electrons. The molecule has 0 N–H and O–H groups in total. The normalized spacial score (nSPS) is 16.5. The highest BCUT2D eigenvalue weighted by molar-refractivity contribution is 7.07. The first-order chi connectivity index (χ1) is 14.0. The van der Waals surface area contributed by atoms with Crippen LogP contribution in [0.15, 0.2) is 63.8 Å². The molecule has 1 atom stereocenters. The molecule has 3 heterocycles. The SMILES string of the molecule is CCn1cc(/C=c2/sc3n(c2=O)[C@H](c2ccccc2)C(C(=O)OC)=C(C)N=3)cn1. The van der Waals surface area contributed by atoms with E-state index in [0.29, 0.717) is 20.6 Å². The van der Waals surface area contributed by atoms with Crippen LogP contribution in [0.2, 0.25) is 0 Å². The molecule has 7 nitrogen and oxygen atoms in total. The van der Waals surface area contributed by atoms with E-state index in [-0.39, 0.29) is 5.56 Å². The zero-order valence-corrected chi connectivity index (χ0v) is 17.1. The fourth-order valence-electron chi connectivity index (χ4n) is 3.42. The lowest BCUT2D eigenvalue weighted by molar-refractivity contribution is -0.136. The van der Waals surface area contributed by atoms with Crippen molar-refractivity contribution in [2.45, 2.75) is 26.4 Å². The molecule has 8 heteroatoms. The van der Waals surface area contributed by atoms with Crippen LogP contribution in [-0.4, -0.2) is 27.4 Å². The molecule has 0 amide bonds. The topological polar surface area (TPSA) is 78.5 Å². The van der Waals surface area contributed by atoms with Gasteiger partial charge in [-0.3, -0.25) is 14.0 Å². The lowest BCUT2D eigenvalue weighted by Crippen LogP contribution is -2.39. The van der Waals surface area contributed by atoms with Crippen LogP contribution in [0, 0.1) is 0 Å². The number of carbonyl (C=O) groups excluding carboxylic acids is 1. The maximum Gasteiger partial charge on any atom is 0.338 e. The summed E-state index contributed by atoms with van der Waals surface area (Å²) in [6, 6.07) is 8.88. The number of hydrogen-bond donors (Lipinski definition) is 0. The van der Waals surface area contributed by atoms with Gasteiger partial charge in [0, 0.05) is 18.3 Å². The number of hydrogen-bond acceptors (Lipinski definition) is 6. The zero-order chi connectivity index (χ0) is 20.5. The van der Waals surface area contributed by atoms with Gasteiger partial charge < -0.3 is 4.74 Å². The lowest BCUT2D eigenvalue weighted by atomic mass is 9.96. The molecule has 0 bridgehead atoms. The molecule has 0 saturated heterocycles. The van der Waals surface area contributed by atoms with Gasteiger partial charge in [-0.25, -0.2) is 9.79 Å². The van der Waals surface area contributed by atoms with Gasteiger partial charge in [0.2, 0.25) is 0 Å². The van der Waals surface area contributed by atoms with E-state index in [0.717, 1.165) is 17.7 Å². The van der Waals surface area contributed by atoms with E-state index in [4.69, 9.17) is 4.74 Å². The van der Waals surface area contributed by atoms with E-state index < -0.39 is 12.0 Å². The largest absolute Gasteiger partial charge is 0.466 e. The molecule has 0 aliphatic carbocycles. The van der Waals surface area contributed by atoms with E-state index in [1.807, 2.05) is 49.5 Å². The highest BCUT2D eigenvalue weighted by Gasteiger charge is 2.32. The van der Waals surface area contributed by atoms with Gasteiger partial charge in [-0.2, -0.15) is 5.10 Å². The average Bonchev–Trinajstić information content (AvgIpc) is 3.31. The molecule has 4 rings (SSSR count). The Labute approximate surface area is 170 Å². The minimum Gasteiger partial charge on any atom is -0.466 e. The molecule has 1 aliphatic heterocycles. The van der Waals surface area contributed by atoms with Gasteiger partial charge in [-0.15, -0.1) is 0 Å². The van der Waals surface area contributed by atoms with Gasteiger partial charge in [0.05, 0.1) is 35.2 Å². The number of carbonyl (C=O) groups is 1. The first kappa shape index (κ1) is 19.1. The van der Waals surface area contributed by atoms with E-state index in [1.54, 1.807) is 22.4 Å². The second-order valence-corrected chi connectivity index (χ2v) is 7.62. The van der Waals surface area contributed by atoms with Crippen molar-refractivity contribution in [1.82, 2.24) is 14.3 Å². The predicted octanol–water partition coefficient (Wildman–Crippen LogP) is 1.62. The Morgan fingerprint density at radius 3 is 2.72 bits per heavy atom. The zero-order valence-electron chi connectivity index (χ0n) is 16.3. The van der Waals surface area contributed by atoms with E-state index >= 15 is 0 Å². The third-order valence-electron chi connectivity index (χ3n) is 4.82. The first-order valence-corrected chi connectivity index (χ1v) is 10.0. The van der Waals surface area contributed by atoms with Gasteiger partial charge in [0.15, 0.2) is 4.80 Å². The number of benzene rings is 1. The standard InChI is InChI=1S/C21H20N4O3S/c1-4-24-12-14(11-22-24)10-16-19(26)25-18(15-8-6-5-7-9-15)17(20(27)28-3)13(2)23-21(25)29-16/h5-12,18H,4H2,1-3H3/b16-10+/t18-/m1/s1. The van der Waals surface area contributed by atoms with Gasteiger partial charge in [0.25, 0.3) is 5.56 Å². The summed E-state index contributed by atoms with van der Waals surface area (Å²) in [5.74, 6) is -0.487. The van der Waals surface area contributed by atoms with Crippen molar-refractivity contribution in [3.8, 4) is 0 Å². The highest BCUT2D eigenvalue weighted by atomic mass is 32.1. The predicted molar refractivity (Wildman–Crippen MR) is 110 cm³/mol. The molecule has 1 aromatic carbocycles. The lowest BCUT2D eigenvalue weighted by Gasteiger charge is -2.24. The Bertz CT molecular complexity index is 1280. The second kappa shape index (κ2) is 7.63. The average molecular weight is 408 g/mol. The van der Waals surface area contributed by atoms with E-state index in [2.05, 4.69) is 10.1 Å². The Morgan fingerprint density at radius 2 is 2.07 bits per heavy atom. The summed E-state index contributed by atoms with van der Waals surface area (Å²) in [7, 11) is 1.33. The van der Waals surface area contributed by atoms with Crippen molar-refractivity contribution in [3.63, 3.8) is 0 Å². The first-order valence-electron chi connectivity index (χ1n) is 9.21. The monoisotopic (exact) mass is 408 g/mol. The van der Waals surface area contributed by atoms with Gasteiger partial charge in [-0.05, 0) is 25.5 Å². The smallest absolute Gasteiger partial charge is 0.338 e. The summed E-state index contributed by atoms with van der Waals surface area (Å²) >= 11 is 1.30. The van der Waals surface area contributed by atoms with Crippen LogP contribution in [0.5, 0.6) is 0 Å². The van der Waals surface area contributed by atoms with Crippen LogP contribution in [-0.2, 0) is 16.1 Å². The molecule has 3 aromatic rings. The maximum atomic E-state index is 13.3. The molecule has 0 spiro atoms. The molecule has 1 aliphatic rings. The Balaban J connectivity index is 1.95. The van der Waals surface area contributed by atoms with E-state index in [9.17, 15) is 9.59 Å². The fourth-order valence-corrected chi connectivity index (χ4v) is 4.47. The van der Waals surface area contributed by atoms with Crippen LogP contribution in [0.3, 0.4) is 0 Å². The highest BCUT2D eigenvalue weighted by Crippen LogP contribution is 2.30. The number of aromatic nitrogens is 3. The van der Waals surface area contributed by atoms with E-state index in [1.165, 1.54) is 18.4 Å². The molecular weight excluding hydrogens is 388 g/mol. The van der Waals surface area contributed by atoms with Crippen molar-refractivity contribution >= 4 is 23.4 Å². The maximum absolute atomic E-state index is 13.3. The minimum atomic E-state index is -0.583. The molecule has 0 unspecified atom stereocenters. The number of methoxy groups -OCH3 is 1. The molecule has 0 saturated carbocycles. The number of ether oxygens (including phenoxy) is 1. The summed E-state index contributed by atoms with van der Waals surface area (Å²) in [4.78, 5) is 31.0. The molecule has 148 valence electrons. The third kappa shape index (κ3) is 3.36. The Hall–Kier alpha value is -3.26. The van der Waals surface area contributed by atoms with Gasteiger partial charge >= 0.3 is 5.97 Å². The summed E-state index contributed by atoms with van der Waals surface area (Å²) in [5, 5.41) is 4.25. The van der Waals surface area contributed by atoms with Crippen LogP contribution >= 0.6 is 11.3 Å². The summed E-state index contributed by atoms with van der Waals surface area (Å²) < 4.78 is 8.92. The molecule has 0 fully saturated rings. The fraction of sp³-hybridized carbons (Fsp3) is 0.238. The summed E-state index contributed by atoms with van der Waals surface area (Å²) in [6.45, 7) is 4.52.